The largest absolute Gasteiger partial charge is 0.469 e. The van der Waals surface area contributed by atoms with E-state index in [1.54, 1.807) is 7.11 Å². The molecule has 2 unspecified atom stereocenters. The normalized spacial score (nSPS) is 13.5. The summed E-state index contributed by atoms with van der Waals surface area (Å²) in [6.45, 7) is 3.00. The Balaban J connectivity index is 3.89. The fraction of sp³-hybridized carbons (Fsp3) is 0.955. The molecule has 0 saturated carbocycles. The predicted octanol–water partition coefficient (Wildman–Crippen LogP) is 5.92. The molecule has 0 aromatic carbocycles. The highest BCUT2D eigenvalue weighted by Crippen LogP contribution is 2.22. The minimum atomic E-state index is -0.119. The van der Waals surface area contributed by atoms with Crippen LogP contribution in [-0.2, 0) is 19.0 Å². The van der Waals surface area contributed by atoms with Crippen molar-refractivity contribution in [3.63, 3.8) is 0 Å². The smallest absolute Gasteiger partial charge is 0.305 e. The number of carbonyl (C=O) groups is 1. The fourth-order valence-electron chi connectivity index (χ4n) is 3.57. The molecule has 2 atom stereocenters. The minimum absolute atomic E-state index is 0.119. The van der Waals surface area contributed by atoms with E-state index in [4.69, 9.17) is 14.2 Å². The van der Waals surface area contributed by atoms with Crippen LogP contribution in [0.4, 0.5) is 0 Å². The second-order valence-electron chi connectivity index (χ2n) is 7.43. The van der Waals surface area contributed by atoms with E-state index < -0.39 is 0 Å². The Morgan fingerprint density at radius 2 is 1.35 bits per heavy atom. The molecule has 0 aliphatic carbocycles. The van der Waals surface area contributed by atoms with Gasteiger partial charge in [-0.2, -0.15) is 0 Å². The number of carbonyl (C=O) groups excluding carboxylic acids is 1. The summed E-state index contributed by atoms with van der Waals surface area (Å²) < 4.78 is 15.9. The third kappa shape index (κ3) is 14.5. The fourth-order valence-corrected chi connectivity index (χ4v) is 3.57. The molecule has 0 radical (unpaired) electrons. The molecule has 0 bridgehead atoms. The van der Waals surface area contributed by atoms with Crippen molar-refractivity contribution < 1.29 is 19.0 Å². The van der Waals surface area contributed by atoms with Gasteiger partial charge >= 0.3 is 5.97 Å². The third-order valence-corrected chi connectivity index (χ3v) is 5.23. The Bertz CT molecular complexity index is 307. The van der Waals surface area contributed by atoms with Gasteiger partial charge < -0.3 is 14.2 Å². The average Bonchev–Trinajstić information content (AvgIpc) is 2.66. The molecule has 0 aromatic rings. The number of esters is 1. The van der Waals surface area contributed by atoms with Crippen LogP contribution in [0.5, 0.6) is 0 Å². The van der Waals surface area contributed by atoms with Crippen LogP contribution in [-0.4, -0.2) is 40.0 Å². The van der Waals surface area contributed by atoms with Crippen molar-refractivity contribution in [2.75, 3.05) is 27.9 Å². The molecule has 0 rings (SSSR count). The molecule has 0 fully saturated rings. The highest BCUT2D eigenvalue weighted by molar-refractivity contribution is 5.68. The lowest BCUT2D eigenvalue weighted by atomic mass is 9.92. The van der Waals surface area contributed by atoms with Gasteiger partial charge in [0.1, 0.15) is 0 Å². The number of hydrogen-bond donors (Lipinski definition) is 0. The first-order valence-electron chi connectivity index (χ1n) is 10.8. The van der Waals surface area contributed by atoms with Gasteiger partial charge in [-0.1, -0.05) is 71.1 Å². The van der Waals surface area contributed by atoms with Crippen LogP contribution in [0.3, 0.4) is 0 Å². The van der Waals surface area contributed by atoms with Gasteiger partial charge in [-0.25, -0.2) is 0 Å². The summed E-state index contributed by atoms with van der Waals surface area (Å²) >= 11 is 0. The lowest BCUT2D eigenvalue weighted by Gasteiger charge is -2.25. The van der Waals surface area contributed by atoms with Gasteiger partial charge in [-0.3, -0.25) is 4.79 Å². The van der Waals surface area contributed by atoms with Crippen LogP contribution < -0.4 is 0 Å². The number of hydrogen-bond acceptors (Lipinski definition) is 4. The second-order valence-corrected chi connectivity index (χ2v) is 7.43. The Kier molecular flexibility index (Phi) is 18.7. The van der Waals surface area contributed by atoms with E-state index in [1.807, 2.05) is 7.11 Å². The molecule has 0 aromatic heterocycles. The maximum atomic E-state index is 11.2. The third-order valence-electron chi connectivity index (χ3n) is 5.23. The first kappa shape index (κ1) is 25.4. The molecule has 4 nitrogen and oxygen atoms in total. The van der Waals surface area contributed by atoms with Gasteiger partial charge in [0.05, 0.1) is 19.8 Å². The van der Waals surface area contributed by atoms with E-state index in [0.29, 0.717) is 12.3 Å². The molecular weight excluding hydrogens is 328 g/mol. The number of rotatable bonds is 19. The summed E-state index contributed by atoms with van der Waals surface area (Å²) in [5, 5.41) is 0. The van der Waals surface area contributed by atoms with Gasteiger partial charge in [-0.15, -0.1) is 0 Å². The summed E-state index contributed by atoms with van der Waals surface area (Å²) in [5.41, 5.74) is 0. The quantitative estimate of drug-likeness (QED) is 0.209. The van der Waals surface area contributed by atoms with Crippen LogP contribution >= 0.6 is 0 Å². The molecule has 156 valence electrons. The molecule has 0 saturated heterocycles. The minimum Gasteiger partial charge on any atom is -0.469 e. The van der Waals surface area contributed by atoms with Gasteiger partial charge in [0.2, 0.25) is 0 Å². The van der Waals surface area contributed by atoms with Crippen molar-refractivity contribution in [1.29, 1.82) is 0 Å². The molecular formula is C22H44O4. The Labute approximate surface area is 162 Å². The Morgan fingerprint density at radius 3 is 1.88 bits per heavy atom. The predicted molar refractivity (Wildman–Crippen MR) is 108 cm³/mol. The molecule has 0 heterocycles. The summed E-state index contributed by atoms with van der Waals surface area (Å²) in [6, 6.07) is 0. The van der Waals surface area contributed by atoms with E-state index in [2.05, 4.69) is 6.92 Å². The molecule has 0 aliphatic rings. The van der Waals surface area contributed by atoms with Crippen LogP contribution in [0.15, 0.2) is 0 Å². The van der Waals surface area contributed by atoms with Crippen molar-refractivity contribution in [2.24, 2.45) is 5.92 Å². The zero-order chi connectivity index (χ0) is 19.5. The van der Waals surface area contributed by atoms with Gasteiger partial charge in [0, 0.05) is 26.6 Å². The van der Waals surface area contributed by atoms with Gasteiger partial charge in [-0.05, 0) is 19.3 Å². The summed E-state index contributed by atoms with van der Waals surface area (Å²) in [4.78, 5) is 11.2. The zero-order valence-corrected chi connectivity index (χ0v) is 17.9. The SMILES string of the molecule is CCCCCCCCCCCC(OC)C(CCCCC(=O)OC)COC. The Hall–Kier alpha value is -0.610. The number of ether oxygens (including phenoxy) is 3. The Morgan fingerprint density at radius 1 is 0.769 bits per heavy atom. The van der Waals surface area contributed by atoms with E-state index >= 15 is 0 Å². The van der Waals surface area contributed by atoms with Gasteiger partial charge in [0.15, 0.2) is 0 Å². The first-order chi connectivity index (χ1) is 12.7. The molecule has 0 aliphatic heterocycles. The maximum absolute atomic E-state index is 11.2. The first-order valence-corrected chi connectivity index (χ1v) is 10.8. The lowest BCUT2D eigenvalue weighted by Crippen LogP contribution is -2.27. The number of unbranched alkanes of at least 4 members (excludes halogenated alkanes) is 9. The van der Waals surface area contributed by atoms with Crippen LogP contribution in [0, 0.1) is 5.92 Å². The van der Waals surface area contributed by atoms with E-state index in [0.717, 1.165) is 32.3 Å². The van der Waals surface area contributed by atoms with E-state index in [1.165, 1.54) is 64.9 Å². The van der Waals surface area contributed by atoms with Crippen molar-refractivity contribution in [3.8, 4) is 0 Å². The van der Waals surface area contributed by atoms with Crippen molar-refractivity contribution in [1.82, 2.24) is 0 Å². The second kappa shape index (κ2) is 19.2. The molecule has 0 N–H and O–H groups in total. The topological polar surface area (TPSA) is 44.8 Å². The van der Waals surface area contributed by atoms with Crippen molar-refractivity contribution >= 4 is 5.97 Å². The summed E-state index contributed by atoms with van der Waals surface area (Å²) in [5.74, 6) is 0.294. The zero-order valence-electron chi connectivity index (χ0n) is 17.9. The lowest BCUT2D eigenvalue weighted by molar-refractivity contribution is -0.140. The summed E-state index contributed by atoms with van der Waals surface area (Å²) in [6.07, 6.45) is 17.0. The van der Waals surface area contributed by atoms with Crippen LogP contribution in [0.25, 0.3) is 0 Å². The molecule has 0 spiro atoms. The van der Waals surface area contributed by atoms with Crippen molar-refractivity contribution in [2.45, 2.75) is 103 Å². The standard InChI is InChI=1S/C22H44O4/c1-5-6-7-8-9-10-11-12-13-17-21(25-3)20(19-24-2)16-14-15-18-22(23)26-4/h20-21H,5-19H2,1-4H3. The van der Waals surface area contributed by atoms with Crippen LogP contribution in [0.1, 0.15) is 96.8 Å². The molecule has 0 amide bonds. The average molecular weight is 373 g/mol. The highest BCUT2D eigenvalue weighted by atomic mass is 16.5. The van der Waals surface area contributed by atoms with E-state index in [-0.39, 0.29) is 12.1 Å². The highest BCUT2D eigenvalue weighted by Gasteiger charge is 2.20. The van der Waals surface area contributed by atoms with Crippen LogP contribution in [0.2, 0.25) is 0 Å². The number of methoxy groups -OCH3 is 3. The summed E-state index contributed by atoms with van der Waals surface area (Å²) in [7, 11) is 5.02. The maximum Gasteiger partial charge on any atom is 0.305 e. The van der Waals surface area contributed by atoms with Crippen molar-refractivity contribution in [3.05, 3.63) is 0 Å². The molecule has 4 heteroatoms. The van der Waals surface area contributed by atoms with Gasteiger partial charge in [0.25, 0.3) is 0 Å². The monoisotopic (exact) mass is 372 g/mol. The molecule has 26 heavy (non-hydrogen) atoms. The van der Waals surface area contributed by atoms with E-state index in [9.17, 15) is 4.79 Å².